The number of amides is 1. The molecule has 3 heteroatoms. The number of hydrogen-bond acceptors (Lipinski definition) is 2. The Bertz CT molecular complexity index is 362. The van der Waals surface area contributed by atoms with E-state index >= 15 is 0 Å². The number of hydrogen-bond donors (Lipinski definition) is 0. The number of fused-ring (bicyclic) bond motifs is 1. The monoisotopic (exact) mass is 165 g/mol. The van der Waals surface area contributed by atoms with Gasteiger partial charge in [0, 0.05) is 21.5 Å². The SMILES string of the molecule is Cc1sc(C)c2c1C=NC2=O. The van der Waals surface area contributed by atoms with Crippen LogP contribution in [0, 0.1) is 13.8 Å². The molecule has 1 aliphatic heterocycles. The summed E-state index contributed by atoms with van der Waals surface area (Å²) in [7, 11) is 0. The van der Waals surface area contributed by atoms with E-state index in [4.69, 9.17) is 0 Å². The van der Waals surface area contributed by atoms with Gasteiger partial charge in [-0.25, -0.2) is 4.99 Å². The first-order chi connectivity index (χ1) is 5.20. The fraction of sp³-hybridized carbons (Fsp3) is 0.250. The predicted octanol–water partition coefficient (Wildman–Crippen LogP) is 1.94. The summed E-state index contributed by atoms with van der Waals surface area (Å²) in [5, 5.41) is 0. The van der Waals surface area contributed by atoms with Gasteiger partial charge in [-0.1, -0.05) is 0 Å². The number of aryl methyl sites for hydroxylation is 2. The van der Waals surface area contributed by atoms with Crippen molar-refractivity contribution < 1.29 is 4.79 Å². The maximum Gasteiger partial charge on any atom is 0.278 e. The van der Waals surface area contributed by atoms with Gasteiger partial charge in [-0.15, -0.1) is 11.3 Å². The molecule has 1 aromatic heterocycles. The van der Waals surface area contributed by atoms with Crippen LogP contribution in [0.2, 0.25) is 0 Å². The first-order valence-electron chi connectivity index (χ1n) is 3.38. The second-order valence-electron chi connectivity index (χ2n) is 2.57. The van der Waals surface area contributed by atoms with Crippen molar-refractivity contribution in [1.29, 1.82) is 0 Å². The third-order valence-electron chi connectivity index (χ3n) is 1.83. The molecule has 0 unspecified atom stereocenters. The smallest absolute Gasteiger partial charge is 0.267 e. The van der Waals surface area contributed by atoms with Gasteiger partial charge in [-0.05, 0) is 13.8 Å². The molecule has 0 atom stereocenters. The van der Waals surface area contributed by atoms with Crippen LogP contribution >= 0.6 is 11.3 Å². The predicted molar refractivity (Wildman–Crippen MR) is 45.7 cm³/mol. The lowest BCUT2D eigenvalue weighted by Crippen LogP contribution is -1.89. The standard InChI is InChI=1S/C8H7NOS/c1-4-6-3-9-8(10)7(6)5(2)11-4/h3H,1-2H3. The molecule has 2 nitrogen and oxygen atoms in total. The quantitative estimate of drug-likeness (QED) is 0.577. The zero-order chi connectivity index (χ0) is 8.01. The van der Waals surface area contributed by atoms with Crippen molar-refractivity contribution in [3.8, 4) is 0 Å². The van der Waals surface area contributed by atoms with E-state index in [1.165, 1.54) is 4.88 Å². The van der Waals surface area contributed by atoms with Crippen molar-refractivity contribution in [3.63, 3.8) is 0 Å². The van der Waals surface area contributed by atoms with E-state index in [9.17, 15) is 4.79 Å². The summed E-state index contributed by atoms with van der Waals surface area (Å²) in [6.45, 7) is 3.98. The Labute approximate surface area is 68.6 Å². The highest BCUT2D eigenvalue weighted by molar-refractivity contribution is 7.12. The Morgan fingerprint density at radius 3 is 2.73 bits per heavy atom. The number of carbonyl (C=O) groups is 1. The molecule has 2 heterocycles. The van der Waals surface area contributed by atoms with Gasteiger partial charge in [0.1, 0.15) is 0 Å². The minimum Gasteiger partial charge on any atom is -0.267 e. The van der Waals surface area contributed by atoms with Crippen molar-refractivity contribution >= 4 is 23.5 Å². The molecule has 11 heavy (non-hydrogen) atoms. The lowest BCUT2D eigenvalue weighted by molar-refractivity contribution is 0.101. The first-order valence-corrected chi connectivity index (χ1v) is 4.20. The number of rotatable bonds is 0. The van der Waals surface area contributed by atoms with Crippen LogP contribution in [0.3, 0.4) is 0 Å². The summed E-state index contributed by atoms with van der Waals surface area (Å²) in [5.74, 6) is -0.0816. The van der Waals surface area contributed by atoms with Gasteiger partial charge in [-0.3, -0.25) is 4.79 Å². The molecule has 0 saturated carbocycles. The minimum atomic E-state index is -0.0816. The summed E-state index contributed by atoms with van der Waals surface area (Å²) in [6.07, 6.45) is 1.66. The normalized spacial score (nSPS) is 14.2. The van der Waals surface area contributed by atoms with Gasteiger partial charge in [0.15, 0.2) is 0 Å². The van der Waals surface area contributed by atoms with Crippen LogP contribution in [-0.4, -0.2) is 12.1 Å². The molecule has 0 spiro atoms. The van der Waals surface area contributed by atoms with Crippen LogP contribution in [0.15, 0.2) is 4.99 Å². The van der Waals surface area contributed by atoms with Gasteiger partial charge in [-0.2, -0.15) is 0 Å². The van der Waals surface area contributed by atoms with E-state index in [0.717, 1.165) is 16.0 Å². The Balaban J connectivity index is 2.77. The van der Waals surface area contributed by atoms with E-state index in [1.54, 1.807) is 17.6 Å². The summed E-state index contributed by atoms with van der Waals surface area (Å²) in [6, 6.07) is 0. The van der Waals surface area contributed by atoms with Crippen LogP contribution in [0.5, 0.6) is 0 Å². The largest absolute Gasteiger partial charge is 0.278 e. The van der Waals surface area contributed by atoms with Gasteiger partial charge < -0.3 is 0 Å². The Morgan fingerprint density at radius 2 is 2.09 bits per heavy atom. The maximum absolute atomic E-state index is 11.1. The molecule has 0 saturated heterocycles. The number of carbonyl (C=O) groups excluding carboxylic acids is 1. The topological polar surface area (TPSA) is 29.4 Å². The van der Waals surface area contributed by atoms with E-state index in [2.05, 4.69) is 4.99 Å². The molecule has 0 radical (unpaired) electrons. The second kappa shape index (κ2) is 2.01. The molecule has 1 aromatic rings. The molecule has 0 aromatic carbocycles. The van der Waals surface area contributed by atoms with Gasteiger partial charge in [0.25, 0.3) is 5.91 Å². The average Bonchev–Trinajstić information content (AvgIpc) is 2.41. The third kappa shape index (κ3) is 0.775. The van der Waals surface area contributed by atoms with Crippen LogP contribution < -0.4 is 0 Å². The third-order valence-corrected chi connectivity index (χ3v) is 2.87. The molecule has 0 bridgehead atoms. The fourth-order valence-electron chi connectivity index (χ4n) is 1.31. The summed E-state index contributed by atoms with van der Waals surface area (Å²) < 4.78 is 0. The van der Waals surface area contributed by atoms with Crippen molar-refractivity contribution in [2.75, 3.05) is 0 Å². The van der Waals surface area contributed by atoms with Crippen LogP contribution in [0.4, 0.5) is 0 Å². The van der Waals surface area contributed by atoms with E-state index in [-0.39, 0.29) is 5.91 Å². The molecule has 0 fully saturated rings. The number of nitrogens with zero attached hydrogens (tertiary/aromatic N) is 1. The molecular weight excluding hydrogens is 158 g/mol. The summed E-state index contributed by atoms with van der Waals surface area (Å²) in [5.41, 5.74) is 1.84. The Hall–Kier alpha value is -0.960. The highest BCUT2D eigenvalue weighted by Gasteiger charge is 2.21. The fourth-order valence-corrected chi connectivity index (χ4v) is 2.33. The van der Waals surface area contributed by atoms with Crippen LogP contribution in [0.25, 0.3) is 0 Å². The lowest BCUT2D eigenvalue weighted by atomic mass is 10.1. The van der Waals surface area contributed by atoms with Crippen molar-refractivity contribution in [3.05, 3.63) is 20.9 Å². The molecule has 0 N–H and O–H groups in total. The number of aliphatic imine (C=N–C) groups is 1. The highest BCUT2D eigenvalue weighted by Crippen LogP contribution is 2.29. The van der Waals surface area contributed by atoms with Crippen molar-refractivity contribution in [1.82, 2.24) is 0 Å². The molecule has 1 aliphatic rings. The van der Waals surface area contributed by atoms with Crippen LogP contribution in [-0.2, 0) is 0 Å². The summed E-state index contributed by atoms with van der Waals surface area (Å²) >= 11 is 1.66. The van der Waals surface area contributed by atoms with Crippen molar-refractivity contribution in [2.24, 2.45) is 4.99 Å². The van der Waals surface area contributed by atoms with Gasteiger partial charge >= 0.3 is 0 Å². The van der Waals surface area contributed by atoms with E-state index < -0.39 is 0 Å². The van der Waals surface area contributed by atoms with Crippen molar-refractivity contribution in [2.45, 2.75) is 13.8 Å². The molecule has 2 rings (SSSR count). The molecule has 0 aliphatic carbocycles. The minimum absolute atomic E-state index is 0.0816. The maximum atomic E-state index is 11.1. The second-order valence-corrected chi connectivity index (χ2v) is 4.00. The first kappa shape index (κ1) is 6.73. The average molecular weight is 165 g/mol. The number of thiophene rings is 1. The lowest BCUT2D eigenvalue weighted by Gasteiger charge is -1.85. The highest BCUT2D eigenvalue weighted by atomic mass is 32.1. The van der Waals surface area contributed by atoms with Gasteiger partial charge in [0.05, 0.1) is 5.56 Å². The van der Waals surface area contributed by atoms with Gasteiger partial charge in [0.2, 0.25) is 0 Å². The van der Waals surface area contributed by atoms with Crippen LogP contribution in [0.1, 0.15) is 25.7 Å². The Morgan fingerprint density at radius 1 is 1.36 bits per heavy atom. The Kier molecular flexibility index (Phi) is 1.23. The molecule has 56 valence electrons. The zero-order valence-electron chi connectivity index (χ0n) is 6.34. The van der Waals surface area contributed by atoms with E-state index in [0.29, 0.717) is 0 Å². The molecule has 1 amide bonds. The summed E-state index contributed by atoms with van der Waals surface area (Å²) in [4.78, 5) is 17.1. The van der Waals surface area contributed by atoms with E-state index in [1.807, 2.05) is 13.8 Å². The zero-order valence-corrected chi connectivity index (χ0v) is 7.16. The molecular formula is C8H7NOS.